The van der Waals surface area contributed by atoms with Crippen molar-refractivity contribution in [3.63, 3.8) is 0 Å². The van der Waals surface area contributed by atoms with Gasteiger partial charge in [-0.15, -0.1) is 11.8 Å². The Bertz CT molecular complexity index is 1330. The van der Waals surface area contributed by atoms with Crippen molar-refractivity contribution < 1.29 is 29.0 Å². The monoisotopic (exact) mass is 577 g/mol. The molecule has 0 aliphatic carbocycles. The van der Waals surface area contributed by atoms with Crippen LogP contribution in [-0.4, -0.2) is 58.6 Å². The van der Waals surface area contributed by atoms with Crippen molar-refractivity contribution in [1.29, 1.82) is 0 Å². The number of ketones is 1. The van der Waals surface area contributed by atoms with Crippen LogP contribution in [0, 0.1) is 5.92 Å². The van der Waals surface area contributed by atoms with Gasteiger partial charge in [-0.3, -0.25) is 24.2 Å². The van der Waals surface area contributed by atoms with Crippen LogP contribution in [0.4, 0.5) is 0 Å². The molecule has 3 rings (SSSR count). The maximum absolute atomic E-state index is 13.2. The first kappa shape index (κ1) is 31.3. The molecule has 1 aromatic heterocycles. The van der Waals surface area contributed by atoms with Crippen molar-refractivity contribution >= 4 is 35.3 Å². The number of aromatic nitrogens is 1. The van der Waals surface area contributed by atoms with Gasteiger partial charge in [-0.1, -0.05) is 56.3 Å². The number of carboxylic acids is 1. The van der Waals surface area contributed by atoms with Gasteiger partial charge in [-0.2, -0.15) is 0 Å². The average Bonchev–Trinajstić information content (AvgIpc) is 2.96. The molecule has 9 nitrogen and oxygen atoms in total. The van der Waals surface area contributed by atoms with Crippen molar-refractivity contribution in [2.75, 3.05) is 12.9 Å². The number of carbonyl (C=O) groups excluding carboxylic acids is 3. The van der Waals surface area contributed by atoms with Gasteiger partial charge in [0.1, 0.15) is 11.8 Å². The number of nitrogens with one attached hydrogen (secondary N) is 2. The van der Waals surface area contributed by atoms with E-state index in [4.69, 9.17) is 4.74 Å². The maximum atomic E-state index is 13.2. The fourth-order valence-corrected chi connectivity index (χ4v) is 5.12. The van der Waals surface area contributed by atoms with Gasteiger partial charge in [0.2, 0.25) is 11.8 Å². The van der Waals surface area contributed by atoms with E-state index >= 15 is 0 Å². The molecule has 0 fully saturated rings. The Kier molecular flexibility index (Phi) is 11.9. The number of hydrogen-bond donors (Lipinski definition) is 3. The van der Waals surface area contributed by atoms with E-state index in [1.54, 1.807) is 32.3 Å². The number of ether oxygens (including phenoxy) is 1. The predicted octanol–water partition coefficient (Wildman–Crippen LogP) is 3.90. The molecule has 2 atom stereocenters. The lowest BCUT2D eigenvalue weighted by Gasteiger charge is -2.25. The number of amides is 2. The molecule has 0 saturated carbocycles. The van der Waals surface area contributed by atoms with Crippen molar-refractivity contribution in [3.8, 4) is 16.9 Å². The highest BCUT2D eigenvalue weighted by molar-refractivity contribution is 7.99. The molecule has 3 N–H and O–H groups in total. The first-order valence-electron chi connectivity index (χ1n) is 13.2. The standard InChI is InChI=1S/C31H35N3O6S/c1-20(2)30(31(39)33-25(16-29(37)38)26(35)19-41-18-21-8-5-4-6-9-21)34-28(36)15-24-14-22(11-12-27(24)40-3)23-10-7-13-32-17-23/h4-14,17,20,25,30H,15-16,18-19H2,1-3H3,(H,33,39)(H,34,36)(H,37,38)/t25-,30?/m0/s1. The van der Waals surface area contributed by atoms with Gasteiger partial charge in [0.15, 0.2) is 5.78 Å². The molecular weight excluding hydrogens is 542 g/mol. The van der Waals surface area contributed by atoms with Gasteiger partial charge in [0, 0.05) is 29.3 Å². The molecule has 41 heavy (non-hydrogen) atoms. The quantitative estimate of drug-likeness (QED) is 0.248. The highest BCUT2D eigenvalue weighted by Gasteiger charge is 2.30. The van der Waals surface area contributed by atoms with E-state index in [1.807, 2.05) is 54.6 Å². The molecule has 3 aromatic rings. The molecule has 0 saturated heterocycles. The lowest BCUT2D eigenvalue weighted by atomic mass is 10.00. The van der Waals surface area contributed by atoms with Crippen LogP contribution in [0.5, 0.6) is 5.75 Å². The highest BCUT2D eigenvalue weighted by atomic mass is 32.2. The number of carboxylic acid groups (broad SMARTS) is 1. The van der Waals surface area contributed by atoms with Crippen LogP contribution >= 0.6 is 11.8 Å². The number of thioether (sulfide) groups is 1. The topological polar surface area (TPSA) is 135 Å². The molecule has 0 aliphatic rings. The van der Waals surface area contributed by atoms with Crippen molar-refractivity contribution in [3.05, 3.63) is 84.2 Å². The highest BCUT2D eigenvalue weighted by Crippen LogP contribution is 2.27. The summed E-state index contributed by atoms with van der Waals surface area (Å²) >= 11 is 1.35. The summed E-state index contributed by atoms with van der Waals surface area (Å²) < 4.78 is 5.44. The Morgan fingerprint density at radius 3 is 2.37 bits per heavy atom. The summed E-state index contributed by atoms with van der Waals surface area (Å²) in [6.45, 7) is 3.52. The SMILES string of the molecule is COc1ccc(-c2cccnc2)cc1CC(=O)NC(C(=O)N[C@@H](CC(=O)O)C(=O)CSCc1ccccc1)C(C)C. The molecule has 216 valence electrons. The number of hydrogen-bond acceptors (Lipinski definition) is 7. The van der Waals surface area contributed by atoms with Crippen LogP contribution in [0.15, 0.2) is 73.1 Å². The van der Waals surface area contributed by atoms with E-state index in [1.165, 1.54) is 18.9 Å². The van der Waals surface area contributed by atoms with Gasteiger partial charge < -0.3 is 20.5 Å². The van der Waals surface area contributed by atoms with E-state index < -0.39 is 42.1 Å². The summed E-state index contributed by atoms with van der Waals surface area (Å²) in [5.41, 5.74) is 3.41. The Morgan fingerprint density at radius 2 is 1.73 bits per heavy atom. The molecule has 0 spiro atoms. The number of pyridine rings is 1. The second-order valence-corrected chi connectivity index (χ2v) is 10.8. The minimum absolute atomic E-state index is 0.0406. The predicted molar refractivity (Wildman–Crippen MR) is 158 cm³/mol. The molecule has 2 amide bonds. The van der Waals surface area contributed by atoms with E-state index in [0.717, 1.165) is 16.7 Å². The Balaban J connectivity index is 1.66. The zero-order valence-electron chi connectivity index (χ0n) is 23.3. The summed E-state index contributed by atoms with van der Waals surface area (Å²) in [4.78, 5) is 54.8. The number of rotatable bonds is 15. The van der Waals surface area contributed by atoms with Crippen LogP contribution in [0.3, 0.4) is 0 Å². The van der Waals surface area contributed by atoms with Crippen molar-refractivity contribution in [2.45, 2.75) is 44.5 Å². The number of carbonyl (C=O) groups is 4. The van der Waals surface area contributed by atoms with Crippen LogP contribution in [0.1, 0.15) is 31.4 Å². The largest absolute Gasteiger partial charge is 0.496 e. The summed E-state index contributed by atoms with van der Waals surface area (Å²) in [7, 11) is 1.52. The Morgan fingerprint density at radius 1 is 0.976 bits per heavy atom. The second kappa shape index (κ2) is 15.6. The van der Waals surface area contributed by atoms with Crippen molar-refractivity contribution in [2.24, 2.45) is 5.92 Å². The second-order valence-electron chi connectivity index (χ2n) is 9.84. The molecule has 0 bridgehead atoms. The number of nitrogens with zero attached hydrogens (tertiary/aromatic N) is 1. The van der Waals surface area contributed by atoms with Gasteiger partial charge in [0.25, 0.3) is 0 Å². The summed E-state index contributed by atoms with van der Waals surface area (Å²) in [5, 5.41) is 14.7. The normalized spacial score (nSPS) is 12.3. The first-order chi connectivity index (χ1) is 19.7. The zero-order valence-corrected chi connectivity index (χ0v) is 24.1. The molecule has 1 heterocycles. The molecular formula is C31H35N3O6S. The lowest BCUT2D eigenvalue weighted by molar-refractivity contribution is -0.140. The lowest BCUT2D eigenvalue weighted by Crippen LogP contribution is -2.54. The third-order valence-corrected chi connectivity index (χ3v) is 7.36. The summed E-state index contributed by atoms with van der Waals surface area (Å²) in [5.74, 6) is -1.81. The molecule has 2 aromatic carbocycles. The molecule has 10 heteroatoms. The molecule has 0 radical (unpaired) electrons. The minimum atomic E-state index is -1.21. The number of methoxy groups -OCH3 is 1. The number of benzene rings is 2. The smallest absolute Gasteiger partial charge is 0.305 e. The van der Waals surface area contributed by atoms with Gasteiger partial charge in [0.05, 0.1) is 31.7 Å². The number of Topliss-reactive ketones (excluding diaryl/α,β-unsaturated/α-hetero) is 1. The van der Waals surface area contributed by atoms with Crippen LogP contribution in [0.25, 0.3) is 11.1 Å². The fraction of sp³-hybridized carbons (Fsp3) is 0.323. The van der Waals surface area contributed by atoms with Gasteiger partial charge >= 0.3 is 5.97 Å². The fourth-order valence-electron chi connectivity index (χ4n) is 4.19. The van der Waals surface area contributed by atoms with Gasteiger partial charge in [-0.05, 0) is 35.2 Å². The van der Waals surface area contributed by atoms with Crippen LogP contribution in [0.2, 0.25) is 0 Å². The number of aliphatic carboxylic acids is 1. The maximum Gasteiger partial charge on any atom is 0.305 e. The zero-order chi connectivity index (χ0) is 29.8. The van der Waals surface area contributed by atoms with E-state index in [-0.39, 0.29) is 18.1 Å². The minimum Gasteiger partial charge on any atom is -0.496 e. The summed E-state index contributed by atoms with van der Waals surface area (Å²) in [6.07, 6.45) is 2.80. The Labute approximate surface area is 244 Å². The van der Waals surface area contributed by atoms with E-state index in [2.05, 4.69) is 15.6 Å². The van der Waals surface area contributed by atoms with E-state index in [0.29, 0.717) is 17.1 Å². The molecule has 0 aliphatic heterocycles. The Hall–Kier alpha value is -4.18. The molecule has 1 unspecified atom stereocenters. The average molecular weight is 578 g/mol. The van der Waals surface area contributed by atoms with Crippen LogP contribution in [-0.2, 0) is 31.4 Å². The van der Waals surface area contributed by atoms with Gasteiger partial charge in [-0.25, -0.2) is 0 Å². The third kappa shape index (κ3) is 9.75. The van der Waals surface area contributed by atoms with Crippen molar-refractivity contribution in [1.82, 2.24) is 15.6 Å². The van der Waals surface area contributed by atoms with E-state index in [9.17, 15) is 24.3 Å². The van der Waals surface area contributed by atoms with Crippen LogP contribution < -0.4 is 15.4 Å². The third-order valence-electron chi connectivity index (χ3n) is 6.33. The first-order valence-corrected chi connectivity index (χ1v) is 14.4. The summed E-state index contributed by atoms with van der Waals surface area (Å²) in [6, 6.07) is 16.6.